The monoisotopic (exact) mass is 1240 g/mol. The molecule has 9 aromatic carbocycles. The van der Waals surface area contributed by atoms with Gasteiger partial charge in [-0.3, -0.25) is 4.57 Å². The van der Waals surface area contributed by atoms with Crippen molar-refractivity contribution in [2.45, 2.75) is 84.5 Å². The number of fused-ring (bicyclic) bond motifs is 5. The molecule has 5 nitrogen and oxygen atoms in total. The van der Waals surface area contributed by atoms with Gasteiger partial charge in [-0.2, -0.15) is 18.2 Å². The van der Waals surface area contributed by atoms with E-state index in [0.717, 1.165) is 23.9 Å². The zero-order valence-corrected chi connectivity index (χ0v) is 44.5. The van der Waals surface area contributed by atoms with Crippen LogP contribution in [-0.4, -0.2) is 14.1 Å². The molecule has 392 valence electrons. The Morgan fingerprint density at radius 2 is 1.33 bits per heavy atom. The molecule has 0 saturated heterocycles. The van der Waals surface area contributed by atoms with E-state index in [1.807, 2.05) is 51.1 Å². The van der Waals surface area contributed by atoms with Gasteiger partial charge in [0.15, 0.2) is 0 Å². The second-order valence-corrected chi connectivity index (χ2v) is 20.2. The summed E-state index contributed by atoms with van der Waals surface area (Å²) in [6.45, 7) is -15.8. The first-order valence-electron chi connectivity index (χ1n) is 40.2. The van der Waals surface area contributed by atoms with Crippen LogP contribution in [0.4, 0.5) is 0 Å². The van der Waals surface area contributed by atoms with E-state index >= 15 is 0 Å². The average Bonchev–Trinajstić information content (AvgIpc) is 1.49. The predicted octanol–water partition coefficient (Wildman–Crippen LogP) is 18.1. The van der Waals surface area contributed by atoms with Gasteiger partial charge in [-0.25, -0.2) is 4.98 Å². The molecule has 0 aliphatic heterocycles. The van der Waals surface area contributed by atoms with Crippen LogP contribution in [0.15, 0.2) is 200 Å². The van der Waals surface area contributed by atoms with Gasteiger partial charge in [-0.15, -0.1) is 29.7 Å². The van der Waals surface area contributed by atoms with Gasteiger partial charge in [0.25, 0.3) is 6.33 Å². The van der Waals surface area contributed by atoms with Crippen molar-refractivity contribution in [2.75, 3.05) is 0 Å². The summed E-state index contributed by atoms with van der Waals surface area (Å²) < 4.78 is 289. The molecule has 0 saturated carbocycles. The molecule has 1 aliphatic rings. The minimum Gasteiger partial charge on any atom is -0.510 e. The summed E-state index contributed by atoms with van der Waals surface area (Å²) in [7, 11) is 0. The predicted molar refractivity (Wildman–Crippen MR) is 321 cm³/mol. The zero-order chi connectivity index (χ0) is 80.0. The van der Waals surface area contributed by atoms with Crippen molar-refractivity contribution in [3.63, 3.8) is 0 Å². The van der Waals surface area contributed by atoms with Crippen LogP contribution in [0.5, 0.6) is 11.5 Å². The van der Waals surface area contributed by atoms with Crippen LogP contribution in [-0.2, 0) is 37.3 Å². The number of hydrogen-bond acceptors (Lipinski definition) is 2. The van der Waals surface area contributed by atoms with Crippen molar-refractivity contribution < 1.29 is 72.9 Å². The van der Waals surface area contributed by atoms with E-state index in [1.165, 1.54) is 21.3 Å². The minimum atomic E-state index is -3.95. The fourth-order valence-electron chi connectivity index (χ4n) is 10.3. The second-order valence-electron chi connectivity index (χ2n) is 20.2. The van der Waals surface area contributed by atoms with Crippen LogP contribution < -0.4 is 9.30 Å². The van der Waals surface area contributed by atoms with Gasteiger partial charge in [-0.1, -0.05) is 205 Å². The first-order chi connectivity index (χ1) is 50.4. The number of aromatic nitrogens is 4. The maximum atomic E-state index is 10.3. The van der Waals surface area contributed by atoms with Crippen molar-refractivity contribution in [3.05, 3.63) is 246 Å². The number of rotatable bonds is 9. The maximum Gasteiger partial charge on any atom is 0.268 e. The molecule has 3 aromatic heterocycles. The van der Waals surface area contributed by atoms with E-state index in [2.05, 4.69) is 23.4 Å². The minimum absolute atomic E-state index is 0. The quantitative estimate of drug-likeness (QED) is 0.107. The van der Waals surface area contributed by atoms with E-state index < -0.39 is 182 Å². The number of ether oxygens (including phenoxy) is 1. The van der Waals surface area contributed by atoms with E-state index in [1.54, 1.807) is 65.2 Å². The summed E-state index contributed by atoms with van der Waals surface area (Å²) in [5, 5.41) is 1.25. The number of para-hydroxylation sites is 1. The van der Waals surface area contributed by atoms with Crippen LogP contribution >= 0.6 is 0 Å². The third kappa shape index (κ3) is 9.22. The van der Waals surface area contributed by atoms with E-state index in [9.17, 15) is 6.85 Å². The molecule has 79 heavy (non-hydrogen) atoms. The third-order valence-electron chi connectivity index (χ3n) is 14.0. The average molecular weight is 1240 g/mol. The standard InChI is InChI=1S/C73H62N4O.Pt/c1-47-37-60(50-19-12-10-13-20-50)70(61(38-47)53-29-35-63-64(40-53)73(8,9)45-72(63,6)7)76-46-75(68-41-52(30-36-66(68)76)49-27-31-54(32-28-49)71(3,4)5)55-23-18-24-56(42-55)78-57-33-34-59-58-25-16-17-26-65(58)77(67(59)43-57)69-39-48(2)62(44-74-69)51-21-14-11-15-22-51;/h10-41,44H,45H2,1-9H3;/q-2;/i1D3,2D3,6D3,7D3,8D3,9D3,10D,11D,12D,13D,14D,15D,19D,20D,21D,22D,29D,35D,40D;. The van der Waals surface area contributed by atoms with E-state index in [0.29, 0.717) is 32.9 Å². The largest absolute Gasteiger partial charge is 0.510 e. The summed E-state index contributed by atoms with van der Waals surface area (Å²) in [5.41, 5.74) is -11.7. The Hall–Kier alpha value is -8.11. The zero-order valence-electron chi connectivity index (χ0n) is 73.3. The Morgan fingerprint density at radius 3 is 2.06 bits per heavy atom. The van der Waals surface area contributed by atoms with Gasteiger partial charge >= 0.3 is 0 Å². The molecule has 3 heterocycles. The fourth-order valence-corrected chi connectivity index (χ4v) is 10.3. The molecule has 0 fully saturated rings. The molecule has 0 atom stereocenters. The number of imidazole rings is 1. The van der Waals surface area contributed by atoms with Crippen molar-refractivity contribution in [1.82, 2.24) is 14.1 Å². The number of pyridine rings is 1. The Balaban J connectivity index is 0.0000113. The molecular formula is C73H62N4OPt-2. The summed E-state index contributed by atoms with van der Waals surface area (Å²) in [4.78, 5) is 4.66. The Morgan fingerprint density at radius 1 is 0.620 bits per heavy atom. The smallest absolute Gasteiger partial charge is 0.268 e. The van der Waals surface area contributed by atoms with Crippen molar-refractivity contribution in [3.8, 4) is 73.2 Å². The van der Waals surface area contributed by atoms with Crippen molar-refractivity contribution in [1.29, 1.82) is 0 Å². The normalized spacial score (nSPS) is 20.3. The van der Waals surface area contributed by atoms with E-state index in [-0.39, 0.29) is 77.2 Å². The fraction of sp³-hybridized carbons (Fsp3) is 0.178. The molecule has 13 rings (SSSR count). The molecular weight excluding hydrogens is 1140 g/mol. The van der Waals surface area contributed by atoms with Gasteiger partial charge in [0.05, 0.1) is 34.5 Å². The third-order valence-corrected chi connectivity index (χ3v) is 14.0. The van der Waals surface area contributed by atoms with Crippen LogP contribution in [0.25, 0.3) is 94.5 Å². The molecule has 6 heteroatoms. The number of hydrogen-bond donors (Lipinski definition) is 0. The number of nitrogens with zero attached hydrogens (tertiary/aromatic N) is 4. The van der Waals surface area contributed by atoms with Gasteiger partial charge in [0.2, 0.25) is 0 Å². The molecule has 0 unspecified atom stereocenters. The van der Waals surface area contributed by atoms with Gasteiger partial charge < -0.3 is 13.9 Å². The number of benzene rings is 9. The van der Waals surface area contributed by atoms with Gasteiger partial charge in [0.1, 0.15) is 5.82 Å². The SMILES string of the molecule is [2H]c1c([2H])c([2H])c(-c2cnc(-n3c4[c-]c(Oc5[c-]c(-n6[c-][n+](-c7c(-c8c([2H])c([2H])c([2H])c([2H])c8[2H])cc(C([2H])([2H])[2H])cc7-c7c([2H])c([2H])c8c(c7[2H])C(C([2H])([2H])[2H])(C([2H])([2H])[2H])CC8(C([2H])([2H])[2H])C([2H])([2H])[2H])c7ccc(-c8ccc(C(C)(C)C)cc8)cc76)ccc5)ccc4c4ccccc43)cc2C([2H])([2H])[2H])c([2H])c1[2H].[Pt]. The molecule has 12 aromatic rings. The molecule has 0 bridgehead atoms. The Kier molecular flexibility index (Phi) is 6.76. The molecule has 0 spiro atoms. The van der Waals surface area contributed by atoms with Crippen LogP contribution in [0, 0.1) is 32.2 Å². The molecule has 0 N–H and O–H groups in total. The van der Waals surface area contributed by atoms with Crippen molar-refractivity contribution >= 4 is 32.8 Å². The molecule has 0 amide bonds. The summed E-state index contributed by atoms with van der Waals surface area (Å²) in [6, 6.07) is 25.6. The summed E-state index contributed by atoms with van der Waals surface area (Å²) in [6.07, 6.45) is 2.63. The molecule has 0 radical (unpaired) electrons. The maximum absolute atomic E-state index is 10.3. The van der Waals surface area contributed by atoms with Crippen molar-refractivity contribution in [2.24, 2.45) is 0 Å². The van der Waals surface area contributed by atoms with Gasteiger partial charge in [0, 0.05) is 74.5 Å². The van der Waals surface area contributed by atoms with Gasteiger partial charge in [-0.05, 0) is 127 Å². The second kappa shape index (κ2) is 19.7. The first-order valence-corrected chi connectivity index (χ1v) is 24.7. The summed E-state index contributed by atoms with van der Waals surface area (Å²) in [5.74, 6) is 0.0791. The Bertz CT molecular complexity index is 5730. The number of aryl methyl sites for hydroxylation is 2. The molecule has 1 aliphatic carbocycles. The van der Waals surface area contributed by atoms with E-state index in [4.69, 9.17) is 40.4 Å². The van der Waals surface area contributed by atoms with Crippen LogP contribution in [0.1, 0.15) is 125 Å². The topological polar surface area (TPSA) is 35.9 Å². The Labute approximate surface area is 522 Å². The first kappa shape index (κ1) is 27.2. The van der Waals surface area contributed by atoms with Crippen LogP contribution in [0.3, 0.4) is 0 Å². The van der Waals surface area contributed by atoms with Crippen LogP contribution in [0.2, 0.25) is 0 Å². The summed E-state index contributed by atoms with van der Waals surface area (Å²) >= 11 is 0.